The van der Waals surface area contributed by atoms with Crippen LogP contribution < -0.4 is 5.32 Å². The van der Waals surface area contributed by atoms with Gasteiger partial charge in [-0.15, -0.1) is 0 Å². The Labute approximate surface area is 180 Å². The van der Waals surface area contributed by atoms with Gasteiger partial charge in [-0.2, -0.15) is 0 Å². The molecule has 4 rings (SSSR count). The molecule has 160 valence electrons. The molecule has 1 aromatic heterocycles. The van der Waals surface area contributed by atoms with E-state index in [1.54, 1.807) is 0 Å². The van der Waals surface area contributed by atoms with E-state index in [0.29, 0.717) is 6.42 Å². The van der Waals surface area contributed by atoms with E-state index in [2.05, 4.69) is 34.6 Å². The summed E-state index contributed by atoms with van der Waals surface area (Å²) in [7, 11) is 0. The standard InChI is InChI=1S/C24H24N2O5/c1-14(2)11-20(22-25-12-21(31-22)23(27)28)26-24(29)30-13-19-17-9-5-3-7-15(17)16-8-4-6-10-18(16)19/h3-10,12,14,19-20H,11,13H2,1-2H3,(H,26,29)(H,27,28)/t20-/m0/s1. The average molecular weight is 420 g/mol. The first-order valence-electron chi connectivity index (χ1n) is 10.2. The number of oxazole rings is 1. The van der Waals surface area contributed by atoms with E-state index in [4.69, 9.17) is 14.3 Å². The van der Waals surface area contributed by atoms with Gasteiger partial charge in [-0.3, -0.25) is 0 Å². The molecule has 0 radical (unpaired) electrons. The Hall–Kier alpha value is -3.61. The summed E-state index contributed by atoms with van der Waals surface area (Å²) in [5.41, 5.74) is 4.58. The van der Waals surface area contributed by atoms with E-state index in [1.807, 2.05) is 38.1 Å². The maximum absolute atomic E-state index is 12.6. The van der Waals surface area contributed by atoms with Gasteiger partial charge in [-0.25, -0.2) is 14.6 Å². The van der Waals surface area contributed by atoms with Gasteiger partial charge in [0.25, 0.3) is 0 Å². The Balaban J connectivity index is 1.47. The first-order valence-corrected chi connectivity index (χ1v) is 10.2. The topological polar surface area (TPSA) is 102 Å². The molecule has 0 fully saturated rings. The van der Waals surface area contributed by atoms with Crippen LogP contribution in [0.5, 0.6) is 0 Å². The zero-order valence-electron chi connectivity index (χ0n) is 17.4. The Morgan fingerprint density at radius 2 is 1.71 bits per heavy atom. The third-order valence-corrected chi connectivity index (χ3v) is 5.38. The predicted molar refractivity (Wildman–Crippen MR) is 114 cm³/mol. The van der Waals surface area contributed by atoms with Crippen molar-refractivity contribution in [2.24, 2.45) is 5.92 Å². The molecule has 31 heavy (non-hydrogen) atoms. The molecule has 0 aliphatic heterocycles. The summed E-state index contributed by atoms with van der Waals surface area (Å²) in [6.45, 7) is 4.18. The van der Waals surface area contributed by atoms with Gasteiger partial charge in [0.05, 0.1) is 6.20 Å². The van der Waals surface area contributed by atoms with E-state index in [9.17, 15) is 9.59 Å². The molecule has 1 atom stereocenters. The van der Waals surface area contributed by atoms with Crippen molar-refractivity contribution in [1.82, 2.24) is 10.3 Å². The largest absolute Gasteiger partial charge is 0.475 e. The van der Waals surface area contributed by atoms with Crippen LogP contribution in [0.3, 0.4) is 0 Å². The number of hydrogen-bond donors (Lipinski definition) is 2. The summed E-state index contributed by atoms with van der Waals surface area (Å²) in [6, 6.07) is 15.7. The second kappa shape index (κ2) is 8.63. The smallest absolute Gasteiger partial charge is 0.407 e. The number of aromatic carboxylic acids is 1. The Bertz CT molecular complexity index is 1060. The molecule has 3 aromatic rings. The molecule has 0 bridgehead atoms. The highest BCUT2D eigenvalue weighted by molar-refractivity contribution is 5.83. The monoisotopic (exact) mass is 420 g/mol. The Morgan fingerprint density at radius 1 is 1.10 bits per heavy atom. The van der Waals surface area contributed by atoms with Gasteiger partial charge >= 0.3 is 12.1 Å². The summed E-state index contributed by atoms with van der Waals surface area (Å²) in [4.78, 5) is 27.7. The Kier molecular flexibility index (Phi) is 5.75. The zero-order chi connectivity index (χ0) is 22.0. The molecule has 2 aromatic carbocycles. The van der Waals surface area contributed by atoms with Crippen molar-refractivity contribution in [1.29, 1.82) is 0 Å². The number of hydrogen-bond acceptors (Lipinski definition) is 5. The summed E-state index contributed by atoms with van der Waals surface area (Å²) in [6.07, 6.45) is 1.08. The minimum atomic E-state index is -1.21. The molecule has 7 nitrogen and oxygen atoms in total. The fourth-order valence-electron chi connectivity index (χ4n) is 4.02. The highest BCUT2D eigenvalue weighted by Crippen LogP contribution is 2.44. The number of ether oxygens (including phenoxy) is 1. The number of carbonyl (C=O) groups excluding carboxylic acids is 1. The van der Waals surface area contributed by atoms with E-state index in [0.717, 1.165) is 28.5 Å². The lowest BCUT2D eigenvalue weighted by Crippen LogP contribution is -2.31. The van der Waals surface area contributed by atoms with Crippen LogP contribution in [0.1, 0.15) is 59.8 Å². The molecule has 7 heteroatoms. The van der Waals surface area contributed by atoms with Crippen LogP contribution in [0.25, 0.3) is 11.1 Å². The van der Waals surface area contributed by atoms with Crippen molar-refractivity contribution >= 4 is 12.1 Å². The lowest BCUT2D eigenvalue weighted by atomic mass is 9.98. The zero-order valence-corrected chi connectivity index (χ0v) is 17.4. The molecule has 2 N–H and O–H groups in total. The van der Waals surface area contributed by atoms with Gasteiger partial charge in [0.2, 0.25) is 11.7 Å². The summed E-state index contributed by atoms with van der Waals surface area (Å²) < 4.78 is 10.9. The second-order valence-corrected chi connectivity index (χ2v) is 8.02. The van der Waals surface area contributed by atoms with E-state index < -0.39 is 18.1 Å². The van der Waals surface area contributed by atoms with Crippen molar-refractivity contribution < 1.29 is 23.8 Å². The minimum Gasteiger partial charge on any atom is -0.475 e. The molecule has 1 aliphatic rings. The lowest BCUT2D eigenvalue weighted by molar-refractivity contribution is 0.0659. The summed E-state index contributed by atoms with van der Waals surface area (Å²) in [5, 5.41) is 11.8. The summed E-state index contributed by atoms with van der Waals surface area (Å²) >= 11 is 0. The summed E-state index contributed by atoms with van der Waals surface area (Å²) in [5.74, 6) is -1.14. The van der Waals surface area contributed by atoms with Gasteiger partial charge in [0, 0.05) is 5.92 Å². The molecule has 0 saturated heterocycles. The number of amides is 1. The minimum absolute atomic E-state index is 0.0398. The third-order valence-electron chi connectivity index (χ3n) is 5.38. The molecular formula is C24H24N2O5. The van der Waals surface area contributed by atoms with Crippen molar-refractivity contribution in [3.63, 3.8) is 0 Å². The third kappa shape index (κ3) is 4.30. The first-order chi connectivity index (χ1) is 14.9. The van der Waals surface area contributed by atoms with E-state index >= 15 is 0 Å². The van der Waals surface area contributed by atoms with Crippen LogP contribution >= 0.6 is 0 Å². The number of rotatable bonds is 7. The quantitative estimate of drug-likeness (QED) is 0.558. The van der Waals surface area contributed by atoms with Crippen LogP contribution in [0.4, 0.5) is 4.79 Å². The maximum atomic E-state index is 12.6. The molecule has 0 spiro atoms. The van der Waals surface area contributed by atoms with E-state index in [1.165, 1.54) is 0 Å². The van der Waals surface area contributed by atoms with Gasteiger partial charge in [-0.05, 0) is 34.6 Å². The number of benzene rings is 2. The van der Waals surface area contributed by atoms with Crippen molar-refractivity contribution in [2.75, 3.05) is 6.61 Å². The molecule has 1 aliphatic carbocycles. The fraction of sp³-hybridized carbons (Fsp3) is 0.292. The molecule has 0 saturated carbocycles. The van der Waals surface area contributed by atoms with Gasteiger partial charge in [0.1, 0.15) is 12.6 Å². The van der Waals surface area contributed by atoms with Gasteiger partial charge < -0.3 is 19.6 Å². The van der Waals surface area contributed by atoms with Crippen molar-refractivity contribution in [3.8, 4) is 11.1 Å². The first kappa shape index (κ1) is 20.7. The number of carboxylic acids is 1. The number of alkyl carbamates (subject to hydrolysis) is 1. The highest BCUT2D eigenvalue weighted by Gasteiger charge is 2.30. The normalized spacial score (nSPS) is 13.5. The average Bonchev–Trinajstić information content (AvgIpc) is 3.35. The molecule has 1 heterocycles. The van der Waals surface area contributed by atoms with Crippen LogP contribution in [-0.2, 0) is 4.74 Å². The Morgan fingerprint density at radius 3 is 2.26 bits per heavy atom. The van der Waals surface area contributed by atoms with Crippen LogP contribution in [0.15, 0.2) is 59.1 Å². The second-order valence-electron chi connectivity index (χ2n) is 8.02. The number of carbonyl (C=O) groups is 2. The SMILES string of the molecule is CC(C)C[C@H](NC(=O)OCC1c2ccccc2-c2ccccc21)c1ncc(C(=O)O)o1. The van der Waals surface area contributed by atoms with Gasteiger partial charge in [0.15, 0.2) is 0 Å². The highest BCUT2D eigenvalue weighted by atomic mass is 16.5. The molecule has 0 unspecified atom stereocenters. The number of nitrogens with one attached hydrogen (secondary N) is 1. The number of aromatic nitrogens is 1. The van der Waals surface area contributed by atoms with Crippen LogP contribution in [-0.4, -0.2) is 28.8 Å². The van der Waals surface area contributed by atoms with Crippen molar-refractivity contribution in [3.05, 3.63) is 77.5 Å². The number of nitrogens with zero attached hydrogens (tertiary/aromatic N) is 1. The fourth-order valence-corrected chi connectivity index (χ4v) is 4.02. The number of carboxylic acid groups (broad SMARTS) is 1. The lowest BCUT2D eigenvalue weighted by Gasteiger charge is -2.19. The van der Waals surface area contributed by atoms with Gasteiger partial charge in [-0.1, -0.05) is 62.4 Å². The number of fused-ring (bicyclic) bond motifs is 3. The molecule has 1 amide bonds. The molecular weight excluding hydrogens is 396 g/mol. The maximum Gasteiger partial charge on any atom is 0.407 e. The predicted octanol–water partition coefficient (Wildman–Crippen LogP) is 5.00. The van der Waals surface area contributed by atoms with E-state index in [-0.39, 0.29) is 30.1 Å². The van der Waals surface area contributed by atoms with Crippen LogP contribution in [0.2, 0.25) is 0 Å². The van der Waals surface area contributed by atoms with Crippen LogP contribution in [0, 0.1) is 5.92 Å². The van der Waals surface area contributed by atoms with Crippen molar-refractivity contribution in [2.45, 2.75) is 32.2 Å².